The molecule has 0 bridgehead atoms. The lowest BCUT2D eigenvalue weighted by molar-refractivity contribution is -0.105. The Morgan fingerprint density at radius 2 is 2.20 bits per heavy atom. The minimum absolute atomic E-state index is 0.0950. The summed E-state index contributed by atoms with van der Waals surface area (Å²) < 4.78 is 0. The average Bonchev–Trinajstić information content (AvgIpc) is 1.98. The number of aldehydes is 1. The highest BCUT2D eigenvalue weighted by Gasteiger charge is 1.83. The van der Waals surface area contributed by atoms with E-state index in [1.54, 1.807) is 0 Å². The predicted molar refractivity (Wildman–Crippen MR) is 49.7 cm³/mol. The summed E-state index contributed by atoms with van der Waals surface area (Å²) in [6.07, 6.45) is 4.13. The molecule has 0 rings (SSSR count). The lowest BCUT2D eigenvalue weighted by Crippen LogP contribution is -1.80. The van der Waals surface area contributed by atoms with Gasteiger partial charge >= 0.3 is 0 Å². The molecule has 0 aromatic heterocycles. The van der Waals surface area contributed by atoms with Gasteiger partial charge in [0, 0.05) is 5.75 Å². The summed E-state index contributed by atoms with van der Waals surface area (Å²) in [4.78, 5) is 10.1. The van der Waals surface area contributed by atoms with E-state index in [1.807, 2.05) is 6.92 Å². The predicted octanol–water partition coefficient (Wildman–Crippen LogP) is 2.20. The molecule has 0 radical (unpaired) electrons. The Balaban J connectivity index is 3.84. The highest BCUT2D eigenvalue weighted by Crippen LogP contribution is 2.11. The molecule has 0 fully saturated rings. The molecule has 1 unspecified atom stereocenters. The Morgan fingerprint density at radius 3 is 2.60 bits per heavy atom. The zero-order chi connectivity index (χ0) is 7.82. The summed E-state index contributed by atoms with van der Waals surface area (Å²) in [7, 11) is 0.0950. The fourth-order valence-corrected chi connectivity index (χ4v) is 1.59. The molecule has 0 amide bonds. The molecule has 0 aromatic carbocycles. The van der Waals surface area contributed by atoms with Crippen LogP contribution < -0.4 is 0 Å². The minimum atomic E-state index is 0.0950. The van der Waals surface area contributed by atoms with Gasteiger partial charge in [-0.1, -0.05) is 18.4 Å². The number of carbonyl (C=O) groups is 1. The van der Waals surface area contributed by atoms with E-state index in [4.69, 9.17) is 0 Å². The number of hydrogen-bond acceptors (Lipinski definition) is 1. The molecule has 0 spiro atoms. The summed E-state index contributed by atoms with van der Waals surface area (Å²) in [6.45, 7) is 4.08. The zero-order valence-corrected chi connectivity index (χ0v) is 7.36. The normalized spacial score (nSPS) is 14.2. The van der Waals surface area contributed by atoms with Crippen molar-refractivity contribution in [1.29, 1.82) is 0 Å². The van der Waals surface area contributed by atoms with E-state index in [9.17, 15) is 4.79 Å². The molecule has 1 nitrogen and oxygen atoms in total. The molecular formula is C8H14OS. The molecule has 58 valence electrons. The van der Waals surface area contributed by atoms with Crippen molar-refractivity contribution in [3.05, 3.63) is 11.5 Å². The summed E-state index contributed by atoms with van der Waals surface area (Å²) >= 11 is 0. The SMILES string of the molecule is CC=S(/C=C\CC)CC=O. The highest BCUT2D eigenvalue weighted by molar-refractivity contribution is 8.17. The van der Waals surface area contributed by atoms with Gasteiger partial charge < -0.3 is 4.79 Å². The van der Waals surface area contributed by atoms with E-state index < -0.39 is 0 Å². The van der Waals surface area contributed by atoms with Crippen LogP contribution in [0.4, 0.5) is 0 Å². The van der Waals surface area contributed by atoms with Crippen molar-refractivity contribution in [2.24, 2.45) is 0 Å². The first-order valence-corrected chi connectivity index (χ1v) is 4.95. The Labute approximate surface area is 65.1 Å². The standard InChI is InChI=1S/C8H14OS/c1-3-5-7-10(4-2)8-6-9/h4-7H,3,8H2,1-2H3/b7-5-. The first kappa shape index (κ1) is 9.63. The van der Waals surface area contributed by atoms with Crippen molar-refractivity contribution in [2.75, 3.05) is 5.75 Å². The van der Waals surface area contributed by atoms with Crippen LogP contribution in [0.25, 0.3) is 0 Å². The van der Waals surface area contributed by atoms with Crippen LogP contribution in [0.3, 0.4) is 0 Å². The Hall–Kier alpha value is -0.370. The maximum Gasteiger partial charge on any atom is 0.129 e. The van der Waals surface area contributed by atoms with Crippen molar-refractivity contribution in [1.82, 2.24) is 0 Å². The fraction of sp³-hybridized carbons (Fsp3) is 0.500. The van der Waals surface area contributed by atoms with Gasteiger partial charge in [0.2, 0.25) is 0 Å². The third-order valence-corrected chi connectivity index (χ3v) is 2.74. The molecule has 0 heterocycles. The van der Waals surface area contributed by atoms with Crippen LogP contribution in [0.5, 0.6) is 0 Å². The fourth-order valence-electron chi connectivity index (χ4n) is 0.529. The third kappa shape index (κ3) is 4.50. The van der Waals surface area contributed by atoms with Gasteiger partial charge in [0.05, 0.1) is 0 Å². The maximum atomic E-state index is 10.1. The van der Waals surface area contributed by atoms with Gasteiger partial charge in [-0.05, 0) is 18.8 Å². The van der Waals surface area contributed by atoms with Gasteiger partial charge in [0.1, 0.15) is 6.29 Å². The lowest BCUT2D eigenvalue weighted by atomic mass is 10.5. The second-order valence-corrected chi connectivity index (χ2v) is 3.83. The number of hydrogen-bond donors (Lipinski definition) is 0. The van der Waals surface area contributed by atoms with Crippen molar-refractivity contribution in [2.45, 2.75) is 20.3 Å². The second kappa shape index (κ2) is 6.75. The molecule has 0 saturated heterocycles. The van der Waals surface area contributed by atoms with Gasteiger partial charge in [-0.15, -0.1) is 0 Å². The monoisotopic (exact) mass is 158 g/mol. The zero-order valence-electron chi connectivity index (χ0n) is 6.54. The minimum Gasteiger partial charge on any atom is -0.302 e. The van der Waals surface area contributed by atoms with Gasteiger partial charge in [0.15, 0.2) is 0 Å². The third-order valence-electron chi connectivity index (χ3n) is 1.07. The molecule has 1 atom stereocenters. The van der Waals surface area contributed by atoms with Crippen LogP contribution >= 0.6 is 10.5 Å². The Kier molecular flexibility index (Phi) is 6.50. The van der Waals surface area contributed by atoms with Gasteiger partial charge in [-0.25, -0.2) is 0 Å². The summed E-state index contributed by atoms with van der Waals surface area (Å²) in [5, 5.41) is 4.18. The molecule has 0 saturated carbocycles. The lowest BCUT2D eigenvalue weighted by Gasteiger charge is -1.93. The van der Waals surface area contributed by atoms with Crippen molar-refractivity contribution >= 4 is 22.1 Å². The first-order chi connectivity index (χ1) is 4.85. The molecule has 0 aliphatic heterocycles. The molecule has 0 N–H and O–H groups in total. The van der Waals surface area contributed by atoms with Crippen LogP contribution in [0.15, 0.2) is 11.5 Å². The van der Waals surface area contributed by atoms with Gasteiger partial charge in [-0.2, -0.15) is 10.5 Å². The topological polar surface area (TPSA) is 17.1 Å². The summed E-state index contributed by atoms with van der Waals surface area (Å²) in [5.41, 5.74) is 0. The van der Waals surface area contributed by atoms with Crippen LogP contribution in [0, 0.1) is 0 Å². The molecule has 2 heteroatoms. The van der Waals surface area contributed by atoms with E-state index in [0.29, 0.717) is 5.75 Å². The second-order valence-electron chi connectivity index (χ2n) is 1.82. The highest BCUT2D eigenvalue weighted by atomic mass is 32.2. The van der Waals surface area contributed by atoms with E-state index in [-0.39, 0.29) is 10.5 Å². The number of allylic oxidation sites excluding steroid dienone is 1. The van der Waals surface area contributed by atoms with Crippen LogP contribution in [0.2, 0.25) is 0 Å². The smallest absolute Gasteiger partial charge is 0.129 e. The molecule has 0 aliphatic rings. The van der Waals surface area contributed by atoms with Gasteiger partial charge in [-0.3, -0.25) is 0 Å². The van der Waals surface area contributed by atoms with Crippen molar-refractivity contribution in [3.8, 4) is 0 Å². The molecule has 0 aliphatic carbocycles. The van der Waals surface area contributed by atoms with Crippen molar-refractivity contribution in [3.63, 3.8) is 0 Å². The van der Waals surface area contributed by atoms with Gasteiger partial charge in [0.25, 0.3) is 0 Å². The quantitative estimate of drug-likeness (QED) is 0.453. The van der Waals surface area contributed by atoms with Crippen LogP contribution in [0.1, 0.15) is 20.3 Å². The molecular weight excluding hydrogens is 144 g/mol. The van der Waals surface area contributed by atoms with Crippen molar-refractivity contribution < 1.29 is 4.79 Å². The van der Waals surface area contributed by atoms with Crippen LogP contribution in [-0.2, 0) is 4.79 Å². The first-order valence-electron chi connectivity index (χ1n) is 3.43. The molecule has 10 heavy (non-hydrogen) atoms. The Bertz CT molecular complexity index is 147. The van der Waals surface area contributed by atoms with E-state index in [1.165, 1.54) is 0 Å². The van der Waals surface area contributed by atoms with E-state index in [0.717, 1.165) is 12.7 Å². The number of rotatable bonds is 4. The molecule has 0 aromatic rings. The summed E-state index contributed by atoms with van der Waals surface area (Å²) in [6, 6.07) is 0. The average molecular weight is 158 g/mol. The van der Waals surface area contributed by atoms with Crippen LogP contribution in [-0.4, -0.2) is 17.4 Å². The Morgan fingerprint density at radius 1 is 1.50 bits per heavy atom. The largest absolute Gasteiger partial charge is 0.302 e. The number of carbonyl (C=O) groups excluding carboxylic acids is 1. The van der Waals surface area contributed by atoms with E-state index >= 15 is 0 Å². The summed E-state index contributed by atoms with van der Waals surface area (Å²) in [5.74, 6) is 0.646. The maximum absolute atomic E-state index is 10.1. The van der Waals surface area contributed by atoms with E-state index in [2.05, 4.69) is 23.8 Å².